The van der Waals surface area contributed by atoms with Crippen LogP contribution < -0.4 is 11.2 Å². The molecule has 0 amide bonds. The molecule has 0 bridgehead atoms. The highest BCUT2D eigenvalue weighted by Gasteiger charge is 2.14. The van der Waals surface area contributed by atoms with Gasteiger partial charge in [-0.3, -0.25) is 4.79 Å². The summed E-state index contributed by atoms with van der Waals surface area (Å²) in [5, 5.41) is 0.113. The molecule has 4 nitrogen and oxygen atoms in total. The summed E-state index contributed by atoms with van der Waals surface area (Å²) < 4.78 is 15.9. The standard InChI is InChI=1S/C12H10ClFN2O2S/c1-6-3-11(17)16(12(18)15(6)2)9-5-10(19)7(13)4-8(9)14/h3-5,19H,1-2H3. The maximum absolute atomic E-state index is 13.9. The second kappa shape index (κ2) is 4.86. The average Bonchev–Trinajstić information content (AvgIpc) is 2.33. The minimum atomic E-state index is -0.758. The van der Waals surface area contributed by atoms with Gasteiger partial charge in [0.15, 0.2) is 0 Å². The van der Waals surface area contributed by atoms with Crippen molar-refractivity contribution in [2.24, 2.45) is 7.05 Å². The van der Waals surface area contributed by atoms with Crippen molar-refractivity contribution in [1.82, 2.24) is 9.13 Å². The number of hydrogen-bond acceptors (Lipinski definition) is 3. The van der Waals surface area contributed by atoms with Crippen LogP contribution in [-0.2, 0) is 7.05 Å². The fourth-order valence-corrected chi connectivity index (χ4v) is 1.99. The molecule has 0 spiro atoms. The number of thiol groups is 1. The van der Waals surface area contributed by atoms with E-state index in [4.69, 9.17) is 11.6 Å². The van der Waals surface area contributed by atoms with Crippen LogP contribution in [0.5, 0.6) is 0 Å². The first kappa shape index (κ1) is 13.9. The molecule has 0 saturated heterocycles. The Bertz CT molecular complexity index is 783. The highest BCUT2D eigenvalue weighted by atomic mass is 35.5. The van der Waals surface area contributed by atoms with Crippen LogP contribution in [0.15, 0.2) is 32.7 Å². The van der Waals surface area contributed by atoms with Gasteiger partial charge in [0.1, 0.15) is 5.82 Å². The zero-order chi connectivity index (χ0) is 14.3. The third-order valence-corrected chi connectivity index (χ3v) is 3.63. The van der Waals surface area contributed by atoms with E-state index in [1.165, 1.54) is 23.7 Å². The van der Waals surface area contributed by atoms with Gasteiger partial charge < -0.3 is 4.57 Å². The highest BCUT2D eigenvalue weighted by Crippen LogP contribution is 2.24. The first-order valence-electron chi connectivity index (χ1n) is 5.31. The highest BCUT2D eigenvalue weighted by molar-refractivity contribution is 7.80. The summed E-state index contributed by atoms with van der Waals surface area (Å²) in [5.74, 6) is -0.758. The lowest BCUT2D eigenvalue weighted by atomic mass is 10.3. The van der Waals surface area contributed by atoms with E-state index in [9.17, 15) is 14.0 Å². The number of halogens is 2. The predicted molar refractivity (Wildman–Crippen MR) is 74.2 cm³/mol. The van der Waals surface area contributed by atoms with Crippen molar-refractivity contribution < 1.29 is 4.39 Å². The van der Waals surface area contributed by atoms with Crippen LogP contribution in [0.25, 0.3) is 5.69 Å². The van der Waals surface area contributed by atoms with Gasteiger partial charge in [0.25, 0.3) is 5.56 Å². The van der Waals surface area contributed by atoms with Crippen molar-refractivity contribution in [3.63, 3.8) is 0 Å². The molecular formula is C12H10ClFN2O2S. The molecule has 0 aliphatic carbocycles. The van der Waals surface area contributed by atoms with Gasteiger partial charge in [-0.2, -0.15) is 0 Å². The summed E-state index contributed by atoms with van der Waals surface area (Å²) in [4.78, 5) is 24.2. The fourth-order valence-electron chi connectivity index (χ4n) is 1.65. The topological polar surface area (TPSA) is 44.0 Å². The fraction of sp³-hybridized carbons (Fsp3) is 0.167. The molecule has 1 aromatic heterocycles. The van der Waals surface area contributed by atoms with Gasteiger partial charge in [0, 0.05) is 23.7 Å². The van der Waals surface area contributed by atoms with E-state index in [0.717, 1.165) is 10.6 Å². The first-order chi connectivity index (χ1) is 8.82. The largest absolute Gasteiger partial charge is 0.335 e. The number of aryl methyl sites for hydroxylation is 1. The molecule has 0 saturated carbocycles. The molecule has 0 atom stereocenters. The number of nitrogens with zero attached hydrogens (tertiary/aromatic N) is 2. The van der Waals surface area contributed by atoms with Crippen LogP contribution in [0.4, 0.5) is 4.39 Å². The molecule has 19 heavy (non-hydrogen) atoms. The summed E-state index contributed by atoms with van der Waals surface area (Å²) in [6, 6.07) is 3.53. The normalized spacial score (nSPS) is 10.8. The monoisotopic (exact) mass is 300 g/mol. The first-order valence-corrected chi connectivity index (χ1v) is 6.13. The maximum atomic E-state index is 13.9. The van der Waals surface area contributed by atoms with E-state index in [1.807, 2.05) is 0 Å². The Kier molecular flexibility index (Phi) is 3.56. The lowest BCUT2D eigenvalue weighted by Crippen LogP contribution is -2.38. The van der Waals surface area contributed by atoms with Gasteiger partial charge in [-0.15, -0.1) is 12.6 Å². The number of aromatic nitrogens is 2. The van der Waals surface area contributed by atoms with Crippen molar-refractivity contribution in [3.05, 3.63) is 55.6 Å². The zero-order valence-electron chi connectivity index (χ0n) is 10.1. The Morgan fingerprint density at radius 1 is 1.26 bits per heavy atom. The lowest BCUT2D eigenvalue weighted by Gasteiger charge is -2.11. The summed E-state index contributed by atoms with van der Waals surface area (Å²) in [6.45, 7) is 1.62. The van der Waals surface area contributed by atoms with Gasteiger partial charge in [0.05, 0.1) is 10.7 Å². The van der Waals surface area contributed by atoms with Crippen molar-refractivity contribution >= 4 is 24.2 Å². The molecule has 0 aliphatic heterocycles. The molecule has 0 radical (unpaired) electrons. The van der Waals surface area contributed by atoms with Crippen molar-refractivity contribution in [1.29, 1.82) is 0 Å². The van der Waals surface area contributed by atoms with Gasteiger partial charge in [-0.25, -0.2) is 13.8 Å². The van der Waals surface area contributed by atoms with E-state index in [2.05, 4.69) is 12.6 Å². The number of hydrogen-bond donors (Lipinski definition) is 1. The van der Waals surface area contributed by atoms with Gasteiger partial charge in [-0.05, 0) is 19.1 Å². The van der Waals surface area contributed by atoms with Crippen molar-refractivity contribution in [3.8, 4) is 5.69 Å². The van der Waals surface area contributed by atoms with Crippen molar-refractivity contribution in [2.75, 3.05) is 0 Å². The maximum Gasteiger partial charge on any atom is 0.335 e. The van der Waals surface area contributed by atoms with Crippen LogP contribution in [0.3, 0.4) is 0 Å². The third kappa shape index (κ3) is 2.33. The molecule has 7 heteroatoms. The van der Waals surface area contributed by atoms with E-state index in [0.29, 0.717) is 5.69 Å². The number of rotatable bonds is 1. The molecule has 0 unspecified atom stereocenters. The van der Waals surface area contributed by atoms with E-state index >= 15 is 0 Å². The second-order valence-electron chi connectivity index (χ2n) is 4.06. The molecule has 2 aromatic rings. The lowest BCUT2D eigenvalue weighted by molar-refractivity contribution is 0.603. The van der Waals surface area contributed by atoms with Gasteiger partial charge >= 0.3 is 5.69 Å². The Hall–Kier alpha value is -1.53. The number of benzene rings is 1. The van der Waals surface area contributed by atoms with E-state index in [-0.39, 0.29) is 15.6 Å². The summed E-state index contributed by atoms with van der Waals surface area (Å²) in [5.41, 5.74) is -0.903. The van der Waals surface area contributed by atoms with Crippen LogP contribution >= 0.6 is 24.2 Å². The Balaban J connectivity index is 2.88. The molecule has 1 heterocycles. The predicted octanol–water partition coefficient (Wildman–Crippen LogP) is 1.93. The molecule has 0 N–H and O–H groups in total. The average molecular weight is 301 g/mol. The van der Waals surface area contributed by atoms with Gasteiger partial charge in [-0.1, -0.05) is 11.6 Å². The Morgan fingerprint density at radius 3 is 2.53 bits per heavy atom. The van der Waals surface area contributed by atoms with Gasteiger partial charge in [0.2, 0.25) is 0 Å². The van der Waals surface area contributed by atoms with Crippen LogP contribution in [0.2, 0.25) is 5.02 Å². The van der Waals surface area contributed by atoms with Crippen LogP contribution in [0, 0.1) is 12.7 Å². The Morgan fingerprint density at radius 2 is 1.89 bits per heavy atom. The zero-order valence-corrected chi connectivity index (χ0v) is 11.8. The molecule has 1 aromatic carbocycles. The smallest absolute Gasteiger partial charge is 0.301 e. The minimum absolute atomic E-state index is 0.113. The molecule has 0 aliphatic rings. The van der Waals surface area contributed by atoms with Crippen molar-refractivity contribution in [2.45, 2.75) is 11.8 Å². The molecule has 0 fully saturated rings. The molecule has 2 rings (SSSR count). The summed E-state index contributed by atoms with van der Waals surface area (Å²) in [7, 11) is 1.50. The third-order valence-electron chi connectivity index (χ3n) is 2.82. The van der Waals surface area contributed by atoms with E-state index < -0.39 is 17.1 Å². The van der Waals surface area contributed by atoms with Crippen LogP contribution in [-0.4, -0.2) is 9.13 Å². The second-order valence-corrected chi connectivity index (χ2v) is 4.94. The SMILES string of the molecule is Cc1cc(=O)n(-c2cc(S)c(Cl)cc2F)c(=O)n1C. The Labute approximate surface area is 118 Å². The summed E-state index contributed by atoms with van der Waals surface area (Å²) in [6.07, 6.45) is 0. The quantitative estimate of drug-likeness (QED) is 0.818. The summed E-state index contributed by atoms with van der Waals surface area (Å²) >= 11 is 9.78. The molecule has 100 valence electrons. The molecular weight excluding hydrogens is 291 g/mol. The van der Waals surface area contributed by atoms with Crippen LogP contribution in [0.1, 0.15) is 5.69 Å². The minimum Gasteiger partial charge on any atom is -0.301 e. The van der Waals surface area contributed by atoms with E-state index in [1.54, 1.807) is 6.92 Å².